The van der Waals surface area contributed by atoms with Gasteiger partial charge in [-0.1, -0.05) is 44.2 Å². The van der Waals surface area contributed by atoms with E-state index in [1.807, 2.05) is 48.7 Å². The molecule has 4 rings (SSSR count). The van der Waals surface area contributed by atoms with Crippen LogP contribution in [0.2, 0.25) is 0 Å². The molecule has 0 aliphatic carbocycles. The van der Waals surface area contributed by atoms with E-state index in [-0.39, 0.29) is 5.56 Å². The predicted octanol–water partition coefficient (Wildman–Crippen LogP) is 4.73. The number of benzene rings is 1. The van der Waals surface area contributed by atoms with E-state index in [0.717, 1.165) is 34.7 Å². The Hall–Kier alpha value is -2.79. The number of pyridine rings is 1. The lowest BCUT2D eigenvalue weighted by atomic mass is 10.1. The van der Waals surface area contributed by atoms with Crippen molar-refractivity contribution in [3.05, 3.63) is 86.7 Å². The van der Waals surface area contributed by atoms with Crippen LogP contribution in [0.25, 0.3) is 16.9 Å². The van der Waals surface area contributed by atoms with Crippen molar-refractivity contribution in [1.82, 2.24) is 14.4 Å². The van der Waals surface area contributed by atoms with E-state index in [1.54, 1.807) is 21.8 Å². The van der Waals surface area contributed by atoms with Gasteiger partial charge in [-0.2, -0.15) is 0 Å². The normalized spacial score (nSPS) is 11.4. The summed E-state index contributed by atoms with van der Waals surface area (Å²) in [5.74, 6) is 0.461. The molecule has 3 heterocycles. The van der Waals surface area contributed by atoms with E-state index in [4.69, 9.17) is 9.97 Å². The zero-order chi connectivity index (χ0) is 18.8. The van der Waals surface area contributed by atoms with Gasteiger partial charge in [-0.3, -0.25) is 9.20 Å². The molecule has 0 saturated heterocycles. The third kappa shape index (κ3) is 3.83. The smallest absolute Gasteiger partial charge is 0.258 e. The highest BCUT2D eigenvalue weighted by Gasteiger charge is 2.08. The Morgan fingerprint density at radius 1 is 1.04 bits per heavy atom. The molecule has 4 nitrogen and oxygen atoms in total. The largest absolute Gasteiger partial charge is 0.269 e. The Bertz CT molecular complexity index is 1130. The molecule has 4 aromatic rings. The van der Waals surface area contributed by atoms with Crippen molar-refractivity contribution in [3.63, 3.8) is 0 Å². The average molecular weight is 375 g/mol. The summed E-state index contributed by atoms with van der Waals surface area (Å²) in [6.45, 7) is 4.33. The average Bonchev–Trinajstić information content (AvgIpc) is 3.16. The number of nitrogens with zero attached hydrogens (tertiary/aromatic N) is 3. The first-order chi connectivity index (χ1) is 13.1. The SMILES string of the molecule is CC(C)c1csc(CCc2ccn3c(=O)cc(-c4ccccc4)nc3c2)n1. The second kappa shape index (κ2) is 7.45. The number of hydrogen-bond acceptors (Lipinski definition) is 4. The van der Waals surface area contributed by atoms with Gasteiger partial charge in [0.05, 0.1) is 16.4 Å². The second-order valence-electron chi connectivity index (χ2n) is 6.93. The van der Waals surface area contributed by atoms with Crippen molar-refractivity contribution in [2.45, 2.75) is 32.6 Å². The van der Waals surface area contributed by atoms with E-state index in [0.29, 0.717) is 17.3 Å². The molecular formula is C22H21N3OS. The Kier molecular flexibility index (Phi) is 4.86. The van der Waals surface area contributed by atoms with Crippen molar-refractivity contribution in [1.29, 1.82) is 0 Å². The first-order valence-electron chi connectivity index (χ1n) is 9.12. The fourth-order valence-electron chi connectivity index (χ4n) is 3.01. The van der Waals surface area contributed by atoms with Gasteiger partial charge in [-0.25, -0.2) is 9.97 Å². The molecule has 0 saturated carbocycles. The van der Waals surface area contributed by atoms with Crippen LogP contribution in [0.1, 0.15) is 36.0 Å². The Morgan fingerprint density at radius 2 is 1.85 bits per heavy atom. The Balaban J connectivity index is 1.61. The highest BCUT2D eigenvalue weighted by atomic mass is 32.1. The van der Waals surface area contributed by atoms with Crippen LogP contribution in [-0.4, -0.2) is 14.4 Å². The summed E-state index contributed by atoms with van der Waals surface area (Å²) < 4.78 is 1.59. The number of hydrogen-bond donors (Lipinski definition) is 0. The molecular weight excluding hydrogens is 354 g/mol. The fourth-order valence-corrected chi connectivity index (χ4v) is 3.97. The highest BCUT2D eigenvalue weighted by Crippen LogP contribution is 2.20. The summed E-state index contributed by atoms with van der Waals surface area (Å²) in [6.07, 6.45) is 3.60. The molecule has 1 aromatic carbocycles. The van der Waals surface area contributed by atoms with Crippen LogP contribution in [0.3, 0.4) is 0 Å². The maximum absolute atomic E-state index is 12.4. The summed E-state index contributed by atoms with van der Waals surface area (Å²) in [5.41, 5.74) is 4.60. The molecule has 0 bridgehead atoms. The number of fused-ring (bicyclic) bond motifs is 1. The van der Waals surface area contributed by atoms with Crippen molar-refractivity contribution in [2.75, 3.05) is 0 Å². The number of rotatable bonds is 5. The molecule has 0 N–H and O–H groups in total. The Labute approximate surface area is 162 Å². The van der Waals surface area contributed by atoms with Crippen LogP contribution in [0.15, 0.2) is 64.9 Å². The van der Waals surface area contributed by atoms with Gasteiger partial charge < -0.3 is 0 Å². The predicted molar refractivity (Wildman–Crippen MR) is 111 cm³/mol. The first kappa shape index (κ1) is 17.6. The van der Waals surface area contributed by atoms with Gasteiger partial charge in [0.25, 0.3) is 5.56 Å². The molecule has 0 amide bonds. The molecule has 0 aliphatic rings. The molecule has 3 aromatic heterocycles. The minimum absolute atomic E-state index is 0.0631. The maximum Gasteiger partial charge on any atom is 0.258 e. The lowest BCUT2D eigenvalue weighted by Crippen LogP contribution is -2.14. The third-order valence-corrected chi connectivity index (χ3v) is 5.52. The Morgan fingerprint density at radius 3 is 2.59 bits per heavy atom. The zero-order valence-corrected chi connectivity index (χ0v) is 16.2. The van der Waals surface area contributed by atoms with Gasteiger partial charge in [-0.05, 0) is 30.0 Å². The quantitative estimate of drug-likeness (QED) is 0.507. The van der Waals surface area contributed by atoms with Gasteiger partial charge in [0, 0.05) is 29.6 Å². The molecule has 0 atom stereocenters. The first-order valence-corrected chi connectivity index (χ1v) is 10.00. The molecule has 0 fully saturated rings. The van der Waals surface area contributed by atoms with E-state index < -0.39 is 0 Å². The molecule has 5 heteroatoms. The minimum Gasteiger partial charge on any atom is -0.269 e. The van der Waals surface area contributed by atoms with Crippen LogP contribution in [0.5, 0.6) is 0 Å². The second-order valence-corrected chi connectivity index (χ2v) is 7.87. The fraction of sp³-hybridized carbons (Fsp3) is 0.227. The number of thiazole rings is 1. The topological polar surface area (TPSA) is 47.3 Å². The standard InChI is InChI=1S/C22H21N3OS/c1-15(2)19-14-27-21(24-19)9-8-16-10-11-25-20(12-16)23-18(13-22(25)26)17-6-4-3-5-7-17/h3-7,10-15H,8-9H2,1-2H3. The van der Waals surface area contributed by atoms with E-state index in [1.165, 1.54) is 0 Å². The minimum atomic E-state index is -0.0631. The summed E-state index contributed by atoms with van der Waals surface area (Å²) in [7, 11) is 0. The number of aromatic nitrogens is 3. The van der Waals surface area contributed by atoms with E-state index >= 15 is 0 Å². The molecule has 136 valence electrons. The zero-order valence-electron chi connectivity index (χ0n) is 15.4. The summed E-state index contributed by atoms with van der Waals surface area (Å²) in [4.78, 5) is 21.8. The van der Waals surface area contributed by atoms with Gasteiger partial charge in [0.1, 0.15) is 5.65 Å². The van der Waals surface area contributed by atoms with Crippen LogP contribution >= 0.6 is 11.3 Å². The summed E-state index contributed by atoms with van der Waals surface area (Å²) >= 11 is 1.72. The third-order valence-electron chi connectivity index (χ3n) is 4.59. The van der Waals surface area contributed by atoms with Crippen molar-refractivity contribution in [2.24, 2.45) is 0 Å². The van der Waals surface area contributed by atoms with Crippen LogP contribution in [0.4, 0.5) is 0 Å². The molecule has 0 spiro atoms. The van der Waals surface area contributed by atoms with Crippen molar-refractivity contribution < 1.29 is 0 Å². The van der Waals surface area contributed by atoms with Crippen molar-refractivity contribution >= 4 is 17.0 Å². The maximum atomic E-state index is 12.4. The molecule has 0 radical (unpaired) electrons. The monoisotopic (exact) mass is 375 g/mol. The van der Waals surface area contributed by atoms with Crippen LogP contribution < -0.4 is 5.56 Å². The van der Waals surface area contributed by atoms with Crippen LogP contribution in [0, 0.1) is 0 Å². The van der Waals surface area contributed by atoms with Gasteiger partial charge in [-0.15, -0.1) is 11.3 Å². The molecule has 27 heavy (non-hydrogen) atoms. The van der Waals surface area contributed by atoms with E-state index in [2.05, 4.69) is 19.2 Å². The summed E-state index contributed by atoms with van der Waals surface area (Å²) in [6, 6.07) is 15.4. The van der Waals surface area contributed by atoms with Gasteiger partial charge in [0.15, 0.2) is 0 Å². The van der Waals surface area contributed by atoms with Crippen LogP contribution in [-0.2, 0) is 12.8 Å². The lowest BCUT2D eigenvalue weighted by Gasteiger charge is -2.06. The molecule has 0 unspecified atom stereocenters. The van der Waals surface area contributed by atoms with Crippen molar-refractivity contribution in [3.8, 4) is 11.3 Å². The lowest BCUT2D eigenvalue weighted by molar-refractivity contribution is 0.816. The molecule has 0 aliphatic heterocycles. The summed E-state index contributed by atoms with van der Waals surface area (Å²) in [5, 5.41) is 3.30. The van der Waals surface area contributed by atoms with Gasteiger partial charge in [0.2, 0.25) is 0 Å². The van der Waals surface area contributed by atoms with Gasteiger partial charge >= 0.3 is 0 Å². The van der Waals surface area contributed by atoms with E-state index in [9.17, 15) is 4.79 Å². The number of aryl methyl sites for hydroxylation is 2. The highest BCUT2D eigenvalue weighted by molar-refractivity contribution is 7.09.